The van der Waals surface area contributed by atoms with Crippen LogP contribution in [0, 0.1) is 10.1 Å². The molecule has 1 saturated carbocycles. The molecule has 0 spiro atoms. The van der Waals surface area contributed by atoms with Gasteiger partial charge in [0, 0.05) is 12.8 Å². The van der Waals surface area contributed by atoms with Crippen LogP contribution in [-0.2, 0) is 11.0 Å². The molecule has 17 heavy (non-hydrogen) atoms. The van der Waals surface area contributed by atoms with Crippen LogP contribution in [-0.4, -0.2) is 20.5 Å². The van der Waals surface area contributed by atoms with Gasteiger partial charge in [0.2, 0.25) is 5.69 Å². The number of carbonyl (C=O) groups is 1. The summed E-state index contributed by atoms with van der Waals surface area (Å²) in [5.74, 6) is -0.0956. The van der Waals surface area contributed by atoms with E-state index in [0.717, 1.165) is 10.9 Å². The second-order valence-electron chi connectivity index (χ2n) is 3.70. The molecule has 0 radical (unpaired) electrons. The molecular weight excluding hydrogens is 243 g/mol. The normalized spacial score (nSPS) is 17.0. The van der Waals surface area contributed by atoms with E-state index in [1.165, 1.54) is 0 Å². The summed E-state index contributed by atoms with van der Waals surface area (Å²) in [5.41, 5.74) is -2.61. The fourth-order valence-corrected chi connectivity index (χ4v) is 1.56. The molecule has 9 heteroatoms. The molecule has 6 nitrogen and oxygen atoms in total. The van der Waals surface area contributed by atoms with Crippen molar-refractivity contribution in [1.29, 1.82) is 0 Å². The molecule has 0 aromatic carbocycles. The maximum Gasteiger partial charge on any atom is 0.442 e. The fourth-order valence-electron chi connectivity index (χ4n) is 1.56. The van der Waals surface area contributed by atoms with Gasteiger partial charge < -0.3 is 0 Å². The average molecular weight is 249 g/mol. The molecule has 1 aliphatic rings. The highest BCUT2D eigenvalue weighted by molar-refractivity contribution is 5.85. The van der Waals surface area contributed by atoms with Crippen LogP contribution in [0.15, 0.2) is 6.20 Å². The number of hydrogen-bond donors (Lipinski definition) is 0. The van der Waals surface area contributed by atoms with Gasteiger partial charge in [-0.05, 0) is 0 Å². The van der Waals surface area contributed by atoms with Crippen LogP contribution in [0.2, 0.25) is 0 Å². The zero-order valence-electron chi connectivity index (χ0n) is 8.27. The average Bonchev–Trinajstić information content (AvgIpc) is 2.56. The summed E-state index contributed by atoms with van der Waals surface area (Å²) in [6.45, 7) is 0. The number of alkyl halides is 3. The lowest BCUT2D eigenvalue weighted by Crippen LogP contribution is -2.27. The minimum absolute atomic E-state index is 0.0656. The molecule has 1 aromatic rings. The summed E-state index contributed by atoms with van der Waals surface area (Å²) < 4.78 is 38.2. The zero-order valence-corrected chi connectivity index (χ0v) is 8.27. The van der Waals surface area contributed by atoms with Crippen molar-refractivity contribution in [3.05, 3.63) is 22.0 Å². The van der Waals surface area contributed by atoms with Crippen molar-refractivity contribution in [2.45, 2.75) is 25.1 Å². The number of hydrogen-bond acceptors (Lipinski definition) is 4. The summed E-state index contributed by atoms with van der Waals surface area (Å²) in [7, 11) is 0. The van der Waals surface area contributed by atoms with E-state index in [0.29, 0.717) is 0 Å². The Labute approximate surface area is 92.2 Å². The summed E-state index contributed by atoms with van der Waals surface area (Å²) in [6.07, 6.45) is -4.02. The highest BCUT2D eigenvalue weighted by Crippen LogP contribution is 2.37. The van der Waals surface area contributed by atoms with E-state index in [1.54, 1.807) is 0 Å². The molecule has 0 aliphatic heterocycles. The van der Waals surface area contributed by atoms with Gasteiger partial charge in [-0.3, -0.25) is 19.6 Å². The molecule has 1 heterocycles. The topological polar surface area (TPSA) is 78.0 Å². The number of rotatable bonds is 2. The van der Waals surface area contributed by atoms with Gasteiger partial charge in [-0.15, -0.1) is 0 Å². The molecule has 2 rings (SSSR count). The Morgan fingerprint density at radius 3 is 2.41 bits per heavy atom. The molecule has 0 saturated heterocycles. The standard InChI is InChI=1S/C8H6F3N3O3/c9-8(10,11)7-6(14(16)17)3-13(12-7)4-1-5(15)2-4/h3-4H,1-2H2. The van der Waals surface area contributed by atoms with Crippen molar-refractivity contribution >= 4 is 11.5 Å². The summed E-state index contributed by atoms with van der Waals surface area (Å²) in [4.78, 5) is 20.0. The van der Waals surface area contributed by atoms with Gasteiger partial charge in [-0.2, -0.15) is 18.3 Å². The third-order valence-corrected chi connectivity index (χ3v) is 2.48. The molecule has 0 bridgehead atoms. The van der Waals surface area contributed by atoms with E-state index in [2.05, 4.69) is 5.10 Å². The highest BCUT2D eigenvalue weighted by Gasteiger charge is 2.43. The first-order chi connectivity index (χ1) is 7.79. The van der Waals surface area contributed by atoms with Crippen molar-refractivity contribution in [2.24, 2.45) is 0 Å². The number of aromatic nitrogens is 2. The number of Topliss-reactive ketones (excluding diaryl/α,β-unsaturated/α-hetero) is 1. The van der Waals surface area contributed by atoms with Crippen LogP contribution in [0.4, 0.5) is 18.9 Å². The molecule has 1 aliphatic carbocycles. The Hall–Kier alpha value is -1.93. The lowest BCUT2D eigenvalue weighted by molar-refractivity contribution is -0.388. The molecular formula is C8H6F3N3O3. The van der Waals surface area contributed by atoms with Crippen molar-refractivity contribution < 1.29 is 22.9 Å². The van der Waals surface area contributed by atoms with Crippen molar-refractivity contribution in [3.8, 4) is 0 Å². The first-order valence-electron chi connectivity index (χ1n) is 4.61. The quantitative estimate of drug-likeness (QED) is 0.590. The lowest BCUT2D eigenvalue weighted by atomic mass is 9.92. The smallest absolute Gasteiger partial charge is 0.300 e. The highest BCUT2D eigenvalue weighted by atomic mass is 19.4. The van der Waals surface area contributed by atoms with E-state index in [-0.39, 0.29) is 18.6 Å². The van der Waals surface area contributed by atoms with Crippen molar-refractivity contribution in [1.82, 2.24) is 9.78 Å². The lowest BCUT2D eigenvalue weighted by Gasteiger charge is -2.23. The molecule has 0 atom stereocenters. The number of nitro groups is 1. The molecule has 0 unspecified atom stereocenters. The Morgan fingerprint density at radius 1 is 1.47 bits per heavy atom. The van der Waals surface area contributed by atoms with Gasteiger partial charge in [0.25, 0.3) is 0 Å². The van der Waals surface area contributed by atoms with Gasteiger partial charge >= 0.3 is 11.9 Å². The number of carbonyl (C=O) groups excluding carboxylic acids is 1. The minimum atomic E-state index is -4.87. The van der Waals surface area contributed by atoms with Gasteiger partial charge in [0.1, 0.15) is 12.0 Å². The van der Waals surface area contributed by atoms with E-state index in [1.807, 2.05) is 0 Å². The fraction of sp³-hybridized carbons (Fsp3) is 0.500. The monoisotopic (exact) mass is 249 g/mol. The van der Waals surface area contributed by atoms with Crippen molar-refractivity contribution in [2.75, 3.05) is 0 Å². The molecule has 1 aromatic heterocycles. The van der Waals surface area contributed by atoms with Gasteiger partial charge in [0.15, 0.2) is 0 Å². The summed E-state index contributed by atoms with van der Waals surface area (Å²) in [6, 6.07) is -0.502. The number of ketones is 1. The van der Waals surface area contributed by atoms with E-state index >= 15 is 0 Å². The SMILES string of the molecule is O=C1CC(n2cc([N+](=O)[O-])c(C(F)(F)F)n2)C1. The predicted octanol–water partition coefficient (Wildman–Crippen LogP) is 1.71. The number of halogens is 3. The Morgan fingerprint density at radius 2 is 2.06 bits per heavy atom. The van der Waals surface area contributed by atoms with Crippen LogP contribution in [0.25, 0.3) is 0 Å². The van der Waals surface area contributed by atoms with Gasteiger partial charge in [-0.25, -0.2) is 0 Å². The summed E-state index contributed by atoms with van der Waals surface area (Å²) >= 11 is 0. The number of nitrogens with zero attached hydrogens (tertiary/aromatic N) is 3. The van der Waals surface area contributed by atoms with Gasteiger partial charge in [0.05, 0.1) is 11.0 Å². The maximum atomic E-state index is 12.4. The second-order valence-corrected chi connectivity index (χ2v) is 3.70. The third-order valence-electron chi connectivity index (χ3n) is 2.48. The van der Waals surface area contributed by atoms with Crippen LogP contribution in [0.5, 0.6) is 0 Å². The van der Waals surface area contributed by atoms with Crippen molar-refractivity contribution in [3.63, 3.8) is 0 Å². The van der Waals surface area contributed by atoms with Crippen LogP contribution in [0.3, 0.4) is 0 Å². The molecule has 0 amide bonds. The molecule has 0 N–H and O–H groups in total. The Balaban J connectivity index is 2.38. The zero-order chi connectivity index (χ0) is 12.8. The maximum absolute atomic E-state index is 12.4. The van der Waals surface area contributed by atoms with Gasteiger partial charge in [-0.1, -0.05) is 0 Å². The van der Waals surface area contributed by atoms with Crippen LogP contribution in [0.1, 0.15) is 24.6 Å². The first kappa shape index (κ1) is 11.6. The van der Waals surface area contributed by atoms with Crippen LogP contribution >= 0.6 is 0 Å². The van der Waals surface area contributed by atoms with E-state index in [4.69, 9.17) is 0 Å². The first-order valence-corrected chi connectivity index (χ1v) is 4.61. The largest absolute Gasteiger partial charge is 0.442 e. The Bertz CT molecular complexity index is 486. The third kappa shape index (κ3) is 1.99. The Kier molecular flexibility index (Phi) is 2.40. The van der Waals surface area contributed by atoms with Crippen LogP contribution < -0.4 is 0 Å². The predicted molar refractivity (Wildman–Crippen MR) is 47.2 cm³/mol. The second kappa shape index (κ2) is 3.54. The van der Waals surface area contributed by atoms with E-state index in [9.17, 15) is 28.1 Å². The molecule has 1 fully saturated rings. The minimum Gasteiger partial charge on any atom is -0.300 e. The van der Waals surface area contributed by atoms with E-state index < -0.39 is 28.5 Å². The molecule has 92 valence electrons. The summed E-state index contributed by atoms with van der Waals surface area (Å²) in [5, 5.41) is 13.6.